The van der Waals surface area contributed by atoms with E-state index in [1.165, 1.54) is 0 Å². The fraction of sp³-hybridized carbons (Fsp3) is 0.364. The largest absolute Gasteiger partial charge is 0.382 e. The van der Waals surface area contributed by atoms with Crippen LogP contribution in [0.5, 0.6) is 0 Å². The minimum atomic E-state index is -0.0140. The first-order valence-corrected chi connectivity index (χ1v) is 5.96. The Morgan fingerprint density at radius 2 is 2.40 bits per heavy atom. The second kappa shape index (κ2) is 4.57. The van der Waals surface area contributed by atoms with Crippen LogP contribution in [0.4, 0.5) is 5.69 Å². The van der Waals surface area contributed by atoms with Crippen molar-refractivity contribution in [3.63, 3.8) is 0 Å². The van der Waals surface area contributed by atoms with Crippen LogP contribution in [0.25, 0.3) is 0 Å². The summed E-state index contributed by atoms with van der Waals surface area (Å²) in [4.78, 5) is 12.8. The molecule has 0 radical (unpaired) electrons. The number of rotatable bonds is 2. The van der Waals surface area contributed by atoms with Gasteiger partial charge in [0.2, 0.25) is 5.91 Å². The van der Waals surface area contributed by atoms with E-state index in [2.05, 4.69) is 10.6 Å². The van der Waals surface area contributed by atoms with Gasteiger partial charge in [-0.2, -0.15) is 0 Å². The van der Waals surface area contributed by atoms with Gasteiger partial charge in [-0.25, -0.2) is 0 Å². The Hall–Kier alpha value is -1.16. The molecule has 0 bridgehead atoms. The van der Waals surface area contributed by atoms with Crippen LogP contribution in [0.1, 0.15) is 6.92 Å². The maximum Gasteiger partial charge on any atom is 0.235 e. The SMILES string of the molecule is CCNC(=O)[C@H]1CNc2ccccc2S1. The zero-order valence-electron chi connectivity index (χ0n) is 8.62. The van der Waals surface area contributed by atoms with Crippen molar-refractivity contribution in [1.82, 2.24) is 5.32 Å². The van der Waals surface area contributed by atoms with Crippen molar-refractivity contribution in [3.8, 4) is 0 Å². The van der Waals surface area contributed by atoms with Crippen molar-refractivity contribution in [3.05, 3.63) is 24.3 Å². The highest BCUT2D eigenvalue weighted by molar-refractivity contribution is 8.00. The van der Waals surface area contributed by atoms with Gasteiger partial charge < -0.3 is 10.6 Å². The molecule has 1 aliphatic rings. The van der Waals surface area contributed by atoms with E-state index in [1.54, 1.807) is 11.8 Å². The van der Waals surface area contributed by atoms with Crippen molar-refractivity contribution < 1.29 is 4.79 Å². The van der Waals surface area contributed by atoms with E-state index >= 15 is 0 Å². The number of anilines is 1. The third kappa shape index (κ3) is 2.26. The summed E-state index contributed by atoms with van der Waals surface area (Å²) in [6.07, 6.45) is 0. The number of carbonyl (C=O) groups excluding carboxylic acids is 1. The summed E-state index contributed by atoms with van der Waals surface area (Å²) in [7, 11) is 0. The Bertz CT molecular complexity index is 367. The van der Waals surface area contributed by atoms with Gasteiger partial charge in [-0.3, -0.25) is 4.79 Å². The molecule has 80 valence electrons. The van der Waals surface area contributed by atoms with E-state index in [4.69, 9.17) is 0 Å². The van der Waals surface area contributed by atoms with Crippen molar-refractivity contribution in [2.75, 3.05) is 18.4 Å². The van der Waals surface area contributed by atoms with Crippen molar-refractivity contribution in [2.24, 2.45) is 0 Å². The highest BCUT2D eigenvalue weighted by atomic mass is 32.2. The van der Waals surface area contributed by atoms with E-state index in [1.807, 2.05) is 31.2 Å². The molecule has 0 aliphatic carbocycles. The molecule has 1 heterocycles. The Morgan fingerprint density at radius 3 is 3.20 bits per heavy atom. The number of para-hydroxylation sites is 1. The Labute approximate surface area is 93.6 Å². The molecular weight excluding hydrogens is 208 g/mol. The van der Waals surface area contributed by atoms with Crippen LogP contribution in [0.3, 0.4) is 0 Å². The van der Waals surface area contributed by atoms with Gasteiger partial charge in [0.15, 0.2) is 0 Å². The summed E-state index contributed by atoms with van der Waals surface area (Å²) < 4.78 is 0. The number of fused-ring (bicyclic) bond motifs is 1. The first kappa shape index (κ1) is 10.4. The molecule has 0 saturated carbocycles. The predicted molar refractivity (Wildman–Crippen MR) is 63.3 cm³/mol. The molecule has 3 nitrogen and oxygen atoms in total. The lowest BCUT2D eigenvalue weighted by atomic mass is 10.3. The average Bonchev–Trinajstić information content (AvgIpc) is 2.29. The molecule has 15 heavy (non-hydrogen) atoms. The molecule has 1 atom stereocenters. The van der Waals surface area contributed by atoms with E-state index < -0.39 is 0 Å². The van der Waals surface area contributed by atoms with Crippen molar-refractivity contribution >= 4 is 23.4 Å². The standard InChI is InChI=1S/C11H14N2OS/c1-2-12-11(14)10-7-13-8-5-3-4-6-9(8)15-10/h3-6,10,13H,2,7H2,1H3,(H,12,14)/t10-/m1/s1. The number of benzene rings is 1. The highest BCUT2D eigenvalue weighted by Gasteiger charge is 2.24. The number of hydrogen-bond donors (Lipinski definition) is 2. The number of carbonyl (C=O) groups is 1. The Kier molecular flexibility index (Phi) is 3.16. The Morgan fingerprint density at radius 1 is 1.60 bits per heavy atom. The van der Waals surface area contributed by atoms with Gasteiger partial charge in [0, 0.05) is 23.7 Å². The molecule has 2 rings (SSSR count). The zero-order valence-corrected chi connectivity index (χ0v) is 9.43. The smallest absolute Gasteiger partial charge is 0.235 e. The summed E-state index contributed by atoms with van der Waals surface area (Å²) in [6.45, 7) is 3.33. The minimum absolute atomic E-state index is 0.0140. The first-order chi connectivity index (χ1) is 7.31. The lowest BCUT2D eigenvalue weighted by molar-refractivity contribution is -0.120. The third-order valence-corrected chi connectivity index (χ3v) is 3.55. The van der Waals surface area contributed by atoms with Crippen LogP contribution < -0.4 is 10.6 Å². The number of hydrogen-bond acceptors (Lipinski definition) is 3. The second-order valence-electron chi connectivity index (χ2n) is 3.38. The van der Waals surface area contributed by atoms with Gasteiger partial charge in [0.05, 0.1) is 0 Å². The highest BCUT2D eigenvalue weighted by Crippen LogP contribution is 2.34. The first-order valence-electron chi connectivity index (χ1n) is 5.08. The lowest BCUT2D eigenvalue weighted by Crippen LogP contribution is -2.38. The fourth-order valence-corrected chi connectivity index (χ4v) is 2.64. The molecule has 1 amide bonds. The number of nitrogens with one attached hydrogen (secondary N) is 2. The summed E-state index contributed by atoms with van der Waals surface area (Å²) in [6, 6.07) is 8.07. The molecule has 0 spiro atoms. The molecule has 2 N–H and O–H groups in total. The Balaban J connectivity index is 2.08. The van der Waals surface area contributed by atoms with Crippen LogP contribution in [0, 0.1) is 0 Å². The second-order valence-corrected chi connectivity index (χ2v) is 4.62. The molecule has 0 fully saturated rings. The summed E-state index contributed by atoms with van der Waals surface area (Å²) in [5, 5.41) is 6.10. The maximum absolute atomic E-state index is 11.6. The summed E-state index contributed by atoms with van der Waals surface area (Å²) >= 11 is 1.63. The maximum atomic E-state index is 11.6. The molecule has 1 aromatic rings. The zero-order chi connectivity index (χ0) is 10.7. The normalized spacial score (nSPS) is 18.9. The van der Waals surface area contributed by atoms with Crippen LogP contribution in [0.15, 0.2) is 29.2 Å². The van der Waals surface area contributed by atoms with E-state index in [9.17, 15) is 4.79 Å². The number of amides is 1. The predicted octanol–water partition coefficient (Wildman–Crippen LogP) is 1.71. The van der Waals surface area contributed by atoms with Crippen LogP contribution in [-0.2, 0) is 4.79 Å². The van der Waals surface area contributed by atoms with Gasteiger partial charge in [0.1, 0.15) is 5.25 Å². The molecule has 0 saturated heterocycles. The third-order valence-electron chi connectivity index (χ3n) is 2.28. The molecule has 1 aliphatic heterocycles. The fourth-order valence-electron chi connectivity index (χ4n) is 1.55. The van der Waals surface area contributed by atoms with Gasteiger partial charge in [-0.1, -0.05) is 12.1 Å². The van der Waals surface area contributed by atoms with Crippen molar-refractivity contribution in [2.45, 2.75) is 17.1 Å². The van der Waals surface area contributed by atoms with Crippen molar-refractivity contribution in [1.29, 1.82) is 0 Å². The summed E-state index contributed by atoms with van der Waals surface area (Å²) in [5.74, 6) is 0.115. The average molecular weight is 222 g/mol. The van der Waals surface area contributed by atoms with E-state index in [0.29, 0.717) is 13.1 Å². The van der Waals surface area contributed by atoms with Crippen LogP contribution in [-0.4, -0.2) is 24.2 Å². The molecule has 0 unspecified atom stereocenters. The minimum Gasteiger partial charge on any atom is -0.382 e. The van der Waals surface area contributed by atoms with E-state index in [0.717, 1.165) is 10.6 Å². The quantitative estimate of drug-likeness (QED) is 0.800. The molecule has 0 aromatic heterocycles. The topological polar surface area (TPSA) is 41.1 Å². The van der Waals surface area contributed by atoms with Gasteiger partial charge >= 0.3 is 0 Å². The van der Waals surface area contributed by atoms with Crippen LogP contribution in [0.2, 0.25) is 0 Å². The van der Waals surface area contributed by atoms with Crippen LogP contribution >= 0.6 is 11.8 Å². The van der Waals surface area contributed by atoms with Gasteiger partial charge in [-0.15, -0.1) is 11.8 Å². The monoisotopic (exact) mass is 222 g/mol. The molecule has 4 heteroatoms. The molecular formula is C11H14N2OS. The molecule has 1 aromatic carbocycles. The van der Waals surface area contributed by atoms with Gasteiger partial charge in [-0.05, 0) is 19.1 Å². The van der Waals surface area contributed by atoms with Gasteiger partial charge in [0.25, 0.3) is 0 Å². The lowest BCUT2D eigenvalue weighted by Gasteiger charge is -2.24. The number of thioether (sulfide) groups is 1. The van der Waals surface area contributed by atoms with E-state index in [-0.39, 0.29) is 11.2 Å². The summed E-state index contributed by atoms with van der Waals surface area (Å²) in [5.41, 5.74) is 1.13.